The van der Waals surface area contributed by atoms with Crippen molar-refractivity contribution in [1.82, 2.24) is 14.9 Å². The van der Waals surface area contributed by atoms with Crippen LogP contribution in [0.25, 0.3) is 0 Å². The maximum absolute atomic E-state index is 11.7. The lowest BCUT2D eigenvalue weighted by atomic mass is 9.53. The van der Waals surface area contributed by atoms with Gasteiger partial charge in [0, 0.05) is 42.3 Å². The summed E-state index contributed by atoms with van der Waals surface area (Å²) in [6, 6.07) is 6.47. The molecule has 0 unspecified atom stereocenters. The van der Waals surface area contributed by atoms with Gasteiger partial charge in [-0.1, -0.05) is 12.1 Å². The molecule has 30 heavy (non-hydrogen) atoms. The molecule has 154 valence electrons. The molecule has 2 aromatic rings. The maximum Gasteiger partial charge on any atom is 0.317 e. The fourth-order valence-electron chi connectivity index (χ4n) is 6.01. The molecule has 7 heteroatoms. The van der Waals surface area contributed by atoms with Crippen molar-refractivity contribution in [3.05, 3.63) is 53.9 Å². The van der Waals surface area contributed by atoms with E-state index in [1.165, 1.54) is 18.1 Å². The van der Waals surface area contributed by atoms with E-state index in [2.05, 4.69) is 40.1 Å². The van der Waals surface area contributed by atoms with E-state index in [1.807, 2.05) is 6.07 Å². The second-order valence-electron chi connectivity index (χ2n) is 8.63. The standard InChI is InChI=1S/C23H23N3O4/c1-13(27)28-17-6-4-14-12-16-15-5-7-18(29-22-24-9-3-10-25-22)21-23(15,8-11-26(16)2)19(14)20(17)30-21/h3-7,9-10,15-16,18,21H,8,11-12H2,1-2H3/t15-,16+,18-,21-,23-/m0/s1. The quantitative estimate of drug-likeness (QED) is 0.441. The van der Waals surface area contributed by atoms with Gasteiger partial charge in [0.15, 0.2) is 17.6 Å². The van der Waals surface area contributed by atoms with Crippen LogP contribution in [0, 0.1) is 5.92 Å². The fourth-order valence-corrected chi connectivity index (χ4v) is 6.01. The lowest BCUT2D eigenvalue weighted by Gasteiger charge is -2.56. The van der Waals surface area contributed by atoms with Gasteiger partial charge in [-0.05, 0) is 50.2 Å². The van der Waals surface area contributed by atoms with E-state index < -0.39 is 0 Å². The number of ether oxygens (including phenoxy) is 3. The predicted octanol–water partition coefficient (Wildman–Crippen LogP) is 2.29. The third-order valence-electron chi connectivity index (χ3n) is 7.15. The van der Waals surface area contributed by atoms with Gasteiger partial charge in [0.25, 0.3) is 0 Å². The first-order valence-corrected chi connectivity index (χ1v) is 10.4. The molecule has 6 rings (SSSR count). The first-order chi connectivity index (χ1) is 14.6. The molecular formula is C23H23N3O4. The van der Waals surface area contributed by atoms with Crippen LogP contribution >= 0.6 is 0 Å². The second kappa shape index (κ2) is 6.28. The Morgan fingerprint density at radius 1 is 1.27 bits per heavy atom. The van der Waals surface area contributed by atoms with Gasteiger partial charge < -0.3 is 19.1 Å². The van der Waals surface area contributed by atoms with Crippen LogP contribution in [0.3, 0.4) is 0 Å². The Morgan fingerprint density at radius 2 is 2.10 bits per heavy atom. The molecule has 1 spiro atoms. The van der Waals surface area contributed by atoms with E-state index >= 15 is 0 Å². The van der Waals surface area contributed by atoms with Crippen LogP contribution in [-0.4, -0.2) is 52.7 Å². The predicted molar refractivity (Wildman–Crippen MR) is 108 cm³/mol. The Kier molecular flexibility index (Phi) is 3.75. The summed E-state index contributed by atoms with van der Waals surface area (Å²) >= 11 is 0. The number of esters is 1. The topological polar surface area (TPSA) is 73.8 Å². The fraction of sp³-hybridized carbons (Fsp3) is 0.435. The van der Waals surface area contributed by atoms with E-state index in [0.29, 0.717) is 29.5 Å². The average Bonchev–Trinajstić information content (AvgIpc) is 3.09. The summed E-state index contributed by atoms with van der Waals surface area (Å²) in [5.41, 5.74) is 2.28. The Hall–Kier alpha value is -2.93. The van der Waals surface area contributed by atoms with E-state index in [1.54, 1.807) is 18.5 Å². The third-order valence-corrected chi connectivity index (χ3v) is 7.15. The summed E-state index contributed by atoms with van der Waals surface area (Å²) in [5.74, 6) is 1.17. The molecule has 2 aliphatic carbocycles. The van der Waals surface area contributed by atoms with Crippen molar-refractivity contribution >= 4 is 5.97 Å². The SMILES string of the molecule is CC(=O)Oc1ccc2c3c1O[C@H]1[C@@H](Oc4ncccn4)C=C[C@H]4[C@@H](C2)N(C)CC[C@@]341. The summed E-state index contributed by atoms with van der Waals surface area (Å²) in [6.45, 7) is 2.40. The maximum atomic E-state index is 11.7. The van der Waals surface area contributed by atoms with Crippen LogP contribution in [0.5, 0.6) is 17.5 Å². The Balaban J connectivity index is 1.50. The molecule has 2 bridgehead atoms. The van der Waals surface area contributed by atoms with Gasteiger partial charge in [0.05, 0.1) is 0 Å². The van der Waals surface area contributed by atoms with Crippen LogP contribution in [0.4, 0.5) is 0 Å². The minimum atomic E-state index is -0.348. The monoisotopic (exact) mass is 405 g/mol. The van der Waals surface area contributed by atoms with E-state index in [0.717, 1.165) is 19.4 Å². The van der Waals surface area contributed by atoms with Crippen LogP contribution < -0.4 is 14.2 Å². The van der Waals surface area contributed by atoms with E-state index in [4.69, 9.17) is 14.2 Å². The zero-order valence-corrected chi connectivity index (χ0v) is 16.9. The third kappa shape index (κ3) is 2.32. The molecule has 2 aliphatic heterocycles. The van der Waals surface area contributed by atoms with Gasteiger partial charge in [-0.25, -0.2) is 9.97 Å². The van der Waals surface area contributed by atoms with Gasteiger partial charge in [-0.2, -0.15) is 0 Å². The van der Waals surface area contributed by atoms with Crippen LogP contribution in [0.15, 0.2) is 42.7 Å². The number of benzene rings is 1. The highest BCUT2D eigenvalue weighted by Crippen LogP contribution is 2.62. The first kappa shape index (κ1) is 17.9. The molecule has 7 nitrogen and oxygen atoms in total. The number of likely N-dealkylation sites (tertiary alicyclic amines) is 1. The lowest BCUT2D eigenvalue weighted by molar-refractivity contribution is -0.132. The van der Waals surface area contributed by atoms with E-state index in [-0.39, 0.29) is 23.6 Å². The summed E-state index contributed by atoms with van der Waals surface area (Å²) in [4.78, 5) is 22.6. The molecule has 1 aromatic heterocycles. The summed E-state index contributed by atoms with van der Waals surface area (Å²) in [7, 11) is 2.20. The van der Waals surface area contributed by atoms with Gasteiger partial charge in [0.1, 0.15) is 6.10 Å². The van der Waals surface area contributed by atoms with Gasteiger partial charge in [-0.15, -0.1) is 0 Å². The zero-order chi connectivity index (χ0) is 20.5. The molecule has 5 atom stereocenters. The minimum absolute atomic E-state index is 0.204. The largest absolute Gasteiger partial charge is 0.481 e. The Morgan fingerprint density at radius 3 is 2.90 bits per heavy atom. The van der Waals surface area contributed by atoms with Crippen molar-refractivity contribution in [2.45, 2.75) is 43.4 Å². The highest BCUT2D eigenvalue weighted by molar-refractivity contribution is 5.72. The van der Waals surface area contributed by atoms with Gasteiger partial charge in [0.2, 0.25) is 0 Å². The number of piperidine rings is 1. The normalized spacial score (nSPS) is 32.9. The van der Waals surface area contributed by atoms with Crippen molar-refractivity contribution in [3.63, 3.8) is 0 Å². The van der Waals surface area contributed by atoms with Crippen LogP contribution in [-0.2, 0) is 16.6 Å². The molecule has 1 saturated heterocycles. The zero-order valence-electron chi connectivity index (χ0n) is 16.9. The molecule has 0 amide bonds. The number of nitrogens with zero attached hydrogens (tertiary/aromatic N) is 3. The van der Waals surface area contributed by atoms with Crippen molar-refractivity contribution in [1.29, 1.82) is 0 Å². The van der Waals surface area contributed by atoms with Crippen molar-refractivity contribution in [3.8, 4) is 17.5 Å². The number of likely N-dealkylation sites (N-methyl/N-ethyl adjacent to an activating group) is 1. The minimum Gasteiger partial charge on any atom is -0.481 e. The lowest BCUT2D eigenvalue weighted by Crippen LogP contribution is -2.65. The molecule has 0 N–H and O–H groups in total. The van der Waals surface area contributed by atoms with Crippen molar-refractivity contribution in [2.75, 3.05) is 13.6 Å². The van der Waals surface area contributed by atoms with Gasteiger partial charge >= 0.3 is 12.0 Å². The first-order valence-electron chi connectivity index (χ1n) is 10.4. The summed E-state index contributed by atoms with van der Waals surface area (Å²) in [5, 5.41) is 0. The molecule has 4 aliphatic rings. The van der Waals surface area contributed by atoms with Crippen LogP contribution in [0.2, 0.25) is 0 Å². The average molecular weight is 405 g/mol. The molecule has 3 heterocycles. The molecule has 1 fully saturated rings. The molecule has 1 aromatic carbocycles. The highest BCUT2D eigenvalue weighted by atomic mass is 16.6. The summed E-state index contributed by atoms with van der Waals surface area (Å²) < 4.78 is 18.3. The van der Waals surface area contributed by atoms with Gasteiger partial charge in [-0.3, -0.25) is 4.79 Å². The van der Waals surface area contributed by atoms with E-state index in [9.17, 15) is 4.79 Å². The second-order valence-corrected chi connectivity index (χ2v) is 8.63. The van der Waals surface area contributed by atoms with Crippen LogP contribution in [0.1, 0.15) is 24.5 Å². The number of carbonyl (C=O) groups is 1. The Labute approximate surface area is 174 Å². The summed E-state index contributed by atoms with van der Waals surface area (Å²) in [6.07, 6.45) is 9.10. The number of hydrogen-bond donors (Lipinski definition) is 0. The number of carbonyl (C=O) groups excluding carboxylic acids is 1. The number of aromatic nitrogens is 2. The highest BCUT2D eigenvalue weighted by Gasteiger charge is 2.65. The van der Waals surface area contributed by atoms with Crippen molar-refractivity contribution < 1.29 is 19.0 Å². The molecule has 0 saturated carbocycles. The number of rotatable bonds is 3. The number of hydrogen-bond acceptors (Lipinski definition) is 7. The Bertz CT molecular complexity index is 1060. The smallest absolute Gasteiger partial charge is 0.317 e. The molecular weight excluding hydrogens is 382 g/mol. The molecule has 0 radical (unpaired) electrons. The van der Waals surface area contributed by atoms with Crippen molar-refractivity contribution in [2.24, 2.45) is 5.92 Å².